The lowest BCUT2D eigenvalue weighted by atomic mass is 10.1. The molecule has 0 fully saturated rings. The molecule has 0 unspecified atom stereocenters. The van der Waals surface area contributed by atoms with Crippen molar-refractivity contribution in [3.05, 3.63) is 67.6 Å². The van der Waals surface area contributed by atoms with Gasteiger partial charge in [-0.1, -0.05) is 0 Å². The first kappa shape index (κ1) is 18.7. The Hall–Kier alpha value is -3.63. The molecule has 2 aromatic rings. The van der Waals surface area contributed by atoms with E-state index >= 15 is 0 Å². The van der Waals surface area contributed by atoms with Crippen LogP contribution in [0.5, 0.6) is 0 Å². The molecule has 1 heterocycles. The van der Waals surface area contributed by atoms with Gasteiger partial charge in [-0.05, 0) is 24.3 Å². The third-order valence-corrected chi connectivity index (χ3v) is 3.41. The molecular formula is C15H12FN3O7. The first-order chi connectivity index (χ1) is 12.1. The molecule has 0 radical (unpaired) electrons. The molecule has 0 aliphatic heterocycles. The molecule has 1 aromatic carbocycles. The Morgan fingerprint density at radius 1 is 1.12 bits per heavy atom. The number of carbonyl (C=O) groups is 3. The van der Waals surface area contributed by atoms with Gasteiger partial charge >= 0.3 is 5.69 Å². The van der Waals surface area contributed by atoms with Crippen LogP contribution in [-0.2, 0) is 11.4 Å². The smallest absolute Gasteiger partial charge is 0.307 e. The summed E-state index contributed by atoms with van der Waals surface area (Å²) in [7, 11) is 0. The van der Waals surface area contributed by atoms with Crippen molar-refractivity contribution in [1.29, 1.82) is 0 Å². The van der Waals surface area contributed by atoms with Gasteiger partial charge in [0.1, 0.15) is 18.1 Å². The van der Waals surface area contributed by atoms with Crippen LogP contribution in [-0.4, -0.2) is 31.8 Å². The van der Waals surface area contributed by atoms with Crippen molar-refractivity contribution < 1.29 is 28.7 Å². The first-order valence-electron chi connectivity index (χ1n) is 7.11. The summed E-state index contributed by atoms with van der Waals surface area (Å²) in [5, 5.41) is 9.30. The maximum absolute atomic E-state index is 13.1. The Kier molecular flexibility index (Phi) is 5.10. The average molecular weight is 365 g/mol. The second-order valence-corrected chi connectivity index (χ2v) is 5.12. The van der Waals surface area contributed by atoms with Crippen molar-refractivity contribution in [1.82, 2.24) is 9.13 Å². The van der Waals surface area contributed by atoms with Gasteiger partial charge < -0.3 is 4.84 Å². The quantitative estimate of drug-likeness (QED) is 0.439. The molecule has 0 saturated carbocycles. The number of aromatic nitrogens is 2. The molecule has 2 rings (SSSR count). The second-order valence-electron chi connectivity index (χ2n) is 5.12. The summed E-state index contributed by atoms with van der Waals surface area (Å²) < 4.78 is 13.9. The minimum atomic E-state index is -1.17. The van der Waals surface area contributed by atoms with Crippen molar-refractivity contribution in [2.75, 3.05) is 0 Å². The number of carbonyl (C=O) groups excluding carboxylic acids is 3. The fourth-order valence-corrected chi connectivity index (χ4v) is 2.38. The lowest BCUT2D eigenvalue weighted by molar-refractivity contribution is -0.763. The van der Waals surface area contributed by atoms with Gasteiger partial charge in [0.05, 0.1) is 5.69 Å². The highest BCUT2D eigenvalue weighted by molar-refractivity contribution is 6.10. The number of imidazole rings is 1. The summed E-state index contributed by atoms with van der Waals surface area (Å²) >= 11 is 0. The molecule has 136 valence electrons. The topological polar surface area (TPSA) is 131 Å². The zero-order valence-corrected chi connectivity index (χ0v) is 13.6. The summed E-state index contributed by atoms with van der Waals surface area (Å²) in [6, 6.07) is 4.18. The van der Waals surface area contributed by atoms with Crippen LogP contribution in [0, 0.1) is 15.9 Å². The number of hydrogen-bond donors (Lipinski definition) is 0. The highest BCUT2D eigenvalue weighted by Gasteiger charge is 2.30. The SMILES string of the molecule is CC(=O)n1c(CO[N+](=O)[O-])c(C(=O)c2ccc(F)cc2)n(C(C)=O)c1=O. The van der Waals surface area contributed by atoms with Gasteiger partial charge in [-0.3, -0.25) is 14.4 Å². The Bertz CT molecular complexity index is 972. The lowest BCUT2D eigenvalue weighted by Crippen LogP contribution is -2.31. The van der Waals surface area contributed by atoms with E-state index in [0.29, 0.717) is 9.13 Å². The molecule has 0 aliphatic carbocycles. The van der Waals surface area contributed by atoms with Crippen LogP contribution >= 0.6 is 0 Å². The van der Waals surface area contributed by atoms with E-state index in [4.69, 9.17) is 0 Å². The van der Waals surface area contributed by atoms with Crippen molar-refractivity contribution >= 4 is 17.6 Å². The van der Waals surface area contributed by atoms with Crippen LogP contribution in [0.3, 0.4) is 0 Å². The zero-order valence-electron chi connectivity index (χ0n) is 13.6. The first-order valence-corrected chi connectivity index (χ1v) is 7.11. The third kappa shape index (κ3) is 3.41. The van der Waals surface area contributed by atoms with Crippen molar-refractivity contribution in [3.63, 3.8) is 0 Å². The summed E-state index contributed by atoms with van der Waals surface area (Å²) in [4.78, 5) is 63.4. The molecular weight excluding hydrogens is 353 g/mol. The van der Waals surface area contributed by atoms with Gasteiger partial charge in [-0.15, -0.1) is 10.1 Å². The van der Waals surface area contributed by atoms with E-state index in [1.165, 1.54) is 0 Å². The average Bonchev–Trinajstić information content (AvgIpc) is 2.85. The maximum Gasteiger partial charge on any atom is 0.342 e. The molecule has 1 aromatic heterocycles. The Morgan fingerprint density at radius 2 is 1.65 bits per heavy atom. The summed E-state index contributed by atoms with van der Waals surface area (Å²) in [5.74, 6) is -3.28. The number of ketones is 1. The zero-order chi connectivity index (χ0) is 19.6. The van der Waals surface area contributed by atoms with Gasteiger partial charge in [0.2, 0.25) is 17.6 Å². The molecule has 0 atom stereocenters. The van der Waals surface area contributed by atoms with Crippen LogP contribution in [0.4, 0.5) is 4.39 Å². The normalized spacial score (nSPS) is 10.4. The molecule has 10 nitrogen and oxygen atoms in total. The number of benzene rings is 1. The fraction of sp³-hybridized carbons (Fsp3) is 0.200. The summed E-state index contributed by atoms with van der Waals surface area (Å²) in [6.45, 7) is 1.05. The third-order valence-electron chi connectivity index (χ3n) is 3.41. The Balaban J connectivity index is 2.77. The van der Waals surface area contributed by atoms with Crippen molar-refractivity contribution in [3.8, 4) is 0 Å². The highest BCUT2D eigenvalue weighted by Crippen LogP contribution is 2.16. The van der Waals surface area contributed by atoms with Crippen LogP contribution in [0.15, 0.2) is 29.1 Å². The van der Waals surface area contributed by atoms with Crippen LogP contribution in [0.25, 0.3) is 0 Å². The van der Waals surface area contributed by atoms with Gasteiger partial charge in [-0.2, -0.15) is 0 Å². The van der Waals surface area contributed by atoms with E-state index < -0.39 is 52.2 Å². The largest absolute Gasteiger partial charge is 0.342 e. The number of rotatable bonds is 5. The molecule has 0 saturated heterocycles. The second kappa shape index (κ2) is 7.09. The van der Waals surface area contributed by atoms with Crippen LogP contribution < -0.4 is 5.69 Å². The van der Waals surface area contributed by atoms with E-state index in [0.717, 1.165) is 38.1 Å². The molecule has 0 bridgehead atoms. The minimum absolute atomic E-state index is 0.0931. The number of halogens is 1. The van der Waals surface area contributed by atoms with Crippen molar-refractivity contribution in [2.45, 2.75) is 20.5 Å². The van der Waals surface area contributed by atoms with E-state index in [2.05, 4.69) is 4.84 Å². The number of nitrogens with zero attached hydrogens (tertiary/aromatic N) is 3. The van der Waals surface area contributed by atoms with Crippen LogP contribution in [0.2, 0.25) is 0 Å². The fourth-order valence-electron chi connectivity index (χ4n) is 2.38. The summed E-state index contributed by atoms with van der Waals surface area (Å²) in [5.41, 5.74) is -2.27. The van der Waals surface area contributed by atoms with Crippen molar-refractivity contribution in [2.24, 2.45) is 0 Å². The van der Waals surface area contributed by atoms with E-state index in [-0.39, 0.29) is 5.56 Å². The summed E-state index contributed by atoms with van der Waals surface area (Å²) in [6.07, 6.45) is 0. The Labute approximate surface area is 144 Å². The molecule has 11 heteroatoms. The van der Waals surface area contributed by atoms with Gasteiger partial charge in [0, 0.05) is 19.4 Å². The van der Waals surface area contributed by atoms with E-state index in [1.807, 2.05) is 0 Å². The predicted molar refractivity (Wildman–Crippen MR) is 82.9 cm³/mol. The van der Waals surface area contributed by atoms with Gasteiger partial charge in [0.25, 0.3) is 5.09 Å². The standard InChI is InChI=1S/C15H12FN3O7/c1-8(20)17-12(7-26-19(24)25)13(18(9(2)21)15(17)23)14(22)10-3-5-11(16)6-4-10/h3-6H,7H2,1-2H3. The monoisotopic (exact) mass is 365 g/mol. The molecule has 0 N–H and O–H groups in total. The lowest BCUT2D eigenvalue weighted by Gasteiger charge is -2.07. The Morgan fingerprint density at radius 3 is 2.12 bits per heavy atom. The van der Waals surface area contributed by atoms with E-state index in [1.54, 1.807) is 0 Å². The maximum atomic E-state index is 13.1. The van der Waals surface area contributed by atoms with E-state index in [9.17, 15) is 33.7 Å². The number of hydrogen-bond acceptors (Lipinski definition) is 7. The molecule has 26 heavy (non-hydrogen) atoms. The van der Waals surface area contributed by atoms with Gasteiger partial charge in [-0.25, -0.2) is 18.3 Å². The molecule has 0 spiro atoms. The van der Waals surface area contributed by atoms with Gasteiger partial charge in [0.15, 0.2) is 0 Å². The predicted octanol–water partition coefficient (Wildman–Crippen LogP) is 1.05. The highest BCUT2D eigenvalue weighted by atomic mass is 19.1. The molecule has 0 amide bonds. The van der Waals surface area contributed by atoms with Crippen LogP contribution in [0.1, 0.15) is 45.2 Å². The molecule has 0 aliphatic rings. The minimum Gasteiger partial charge on any atom is -0.307 e.